The number of unbranched alkanes of at least 4 members (excludes halogenated alkanes) is 32. The van der Waals surface area contributed by atoms with Crippen molar-refractivity contribution >= 4 is 17.9 Å². The molecule has 0 aliphatic heterocycles. The van der Waals surface area contributed by atoms with Crippen LogP contribution < -0.4 is 5.11 Å². The number of likely N-dealkylation sites (N-methyl/N-ethyl adjacent to an activating group) is 1. The van der Waals surface area contributed by atoms with Crippen molar-refractivity contribution in [3.63, 3.8) is 0 Å². The van der Waals surface area contributed by atoms with E-state index in [2.05, 4.69) is 62.5 Å². The van der Waals surface area contributed by atoms with Gasteiger partial charge in [-0.05, 0) is 51.4 Å². The predicted molar refractivity (Wildman–Crippen MR) is 297 cm³/mol. The van der Waals surface area contributed by atoms with E-state index in [9.17, 15) is 19.5 Å². The number of quaternary nitrogens is 1. The fourth-order valence-electron chi connectivity index (χ4n) is 8.53. The van der Waals surface area contributed by atoms with Crippen LogP contribution in [0.4, 0.5) is 0 Å². The molecule has 9 nitrogen and oxygen atoms in total. The van der Waals surface area contributed by atoms with E-state index >= 15 is 0 Å². The summed E-state index contributed by atoms with van der Waals surface area (Å²) in [4.78, 5) is 36.8. The Morgan fingerprint density at radius 1 is 0.437 bits per heavy atom. The molecule has 2 unspecified atom stereocenters. The molecule has 0 amide bonds. The number of carbonyl (C=O) groups is 3. The van der Waals surface area contributed by atoms with Crippen LogP contribution in [-0.4, -0.2) is 82.3 Å². The second-order valence-corrected chi connectivity index (χ2v) is 21.3. The van der Waals surface area contributed by atoms with Gasteiger partial charge in [0.1, 0.15) is 13.2 Å². The SMILES string of the molecule is CC/C=C\C/C=C\C/C=C\C/C=C\CCCCCCCCCCCCCCCCCCCCCCCCCCCCCCC(=O)OC(COC(=O)CCCCCCC)COC(OCC[N+](C)(C)C)C(=O)[O-]. The molecular weight excluding hydrogens is 887 g/mol. The Hall–Kier alpha value is -2.75. The van der Waals surface area contributed by atoms with Crippen LogP contribution in [0.25, 0.3) is 0 Å². The van der Waals surface area contributed by atoms with Gasteiger partial charge in [-0.1, -0.05) is 255 Å². The molecule has 0 aliphatic rings. The van der Waals surface area contributed by atoms with Gasteiger partial charge in [-0.25, -0.2) is 0 Å². The number of nitrogens with zero attached hydrogens (tertiary/aromatic N) is 1. The highest BCUT2D eigenvalue weighted by molar-refractivity contribution is 5.70. The molecule has 71 heavy (non-hydrogen) atoms. The van der Waals surface area contributed by atoms with Crippen molar-refractivity contribution < 1.29 is 42.9 Å². The number of carbonyl (C=O) groups excluding carboxylic acids is 3. The minimum atomic E-state index is -1.61. The fraction of sp³-hybridized carbons (Fsp3) is 0.823. The van der Waals surface area contributed by atoms with E-state index in [1.807, 2.05) is 21.1 Å². The molecule has 414 valence electrons. The summed E-state index contributed by atoms with van der Waals surface area (Å²) in [5, 5.41) is 11.7. The molecule has 0 aromatic heterocycles. The van der Waals surface area contributed by atoms with Crippen molar-refractivity contribution in [3.8, 4) is 0 Å². The molecule has 0 aromatic rings. The highest BCUT2D eigenvalue weighted by Gasteiger charge is 2.22. The van der Waals surface area contributed by atoms with Crippen LogP contribution >= 0.6 is 0 Å². The van der Waals surface area contributed by atoms with Crippen LogP contribution in [0.5, 0.6) is 0 Å². The van der Waals surface area contributed by atoms with Crippen molar-refractivity contribution in [2.45, 2.75) is 283 Å². The van der Waals surface area contributed by atoms with E-state index < -0.39 is 24.3 Å². The third kappa shape index (κ3) is 54.9. The van der Waals surface area contributed by atoms with Crippen LogP contribution in [0.15, 0.2) is 48.6 Å². The zero-order chi connectivity index (χ0) is 52.0. The average molecular weight is 1000 g/mol. The van der Waals surface area contributed by atoms with Gasteiger partial charge in [0.05, 0.1) is 40.3 Å². The highest BCUT2D eigenvalue weighted by atomic mass is 16.7. The Balaban J connectivity index is 3.73. The van der Waals surface area contributed by atoms with E-state index in [0.717, 1.165) is 77.0 Å². The van der Waals surface area contributed by atoms with E-state index in [1.165, 1.54) is 167 Å². The van der Waals surface area contributed by atoms with E-state index in [-0.39, 0.29) is 32.2 Å². The Morgan fingerprint density at radius 3 is 1.20 bits per heavy atom. The van der Waals surface area contributed by atoms with Crippen molar-refractivity contribution in [2.24, 2.45) is 0 Å². The maximum Gasteiger partial charge on any atom is 0.306 e. The van der Waals surface area contributed by atoms with E-state index in [0.29, 0.717) is 17.4 Å². The minimum absolute atomic E-state index is 0.150. The second kappa shape index (κ2) is 53.5. The summed E-state index contributed by atoms with van der Waals surface area (Å²) < 4.78 is 22.5. The van der Waals surface area contributed by atoms with Gasteiger partial charge in [-0.3, -0.25) is 9.59 Å². The van der Waals surface area contributed by atoms with Gasteiger partial charge in [0.15, 0.2) is 12.4 Å². The van der Waals surface area contributed by atoms with Crippen LogP contribution in [0.1, 0.15) is 271 Å². The zero-order valence-corrected chi connectivity index (χ0v) is 47.1. The zero-order valence-electron chi connectivity index (χ0n) is 47.1. The summed E-state index contributed by atoms with van der Waals surface area (Å²) in [7, 11) is 5.91. The van der Waals surface area contributed by atoms with Crippen LogP contribution in [0, 0.1) is 0 Å². The van der Waals surface area contributed by atoms with Crippen molar-refractivity contribution in [2.75, 3.05) is 47.5 Å². The summed E-state index contributed by atoms with van der Waals surface area (Å²) in [6, 6.07) is 0. The van der Waals surface area contributed by atoms with Crippen LogP contribution in [-0.2, 0) is 33.3 Å². The maximum atomic E-state index is 12.7. The summed E-state index contributed by atoms with van der Waals surface area (Å²) in [6.45, 7) is 4.56. The van der Waals surface area contributed by atoms with E-state index in [1.54, 1.807) is 0 Å². The molecule has 0 rings (SSSR count). The molecule has 0 heterocycles. The Kier molecular flexibility index (Phi) is 51.5. The van der Waals surface area contributed by atoms with Gasteiger partial charge in [0, 0.05) is 12.8 Å². The number of aliphatic carboxylic acids is 1. The summed E-state index contributed by atoms with van der Waals surface area (Å²) in [6.07, 6.45) is 64.1. The Morgan fingerprint density at radius 2 is 0.803 bits per heavy atom. The number of carboxylic acids is 1. The molecule has 0 aliphatic carbocycles. The van der Waals surface area contributed by atoms with Gasteiger partial charge in [-0.2, -0.15) is 0 Å². The fourth-order valence-corrected chi connectivity index (χ4v) is 8.53. The Labute approximate surface area is 438 Å². The van der Waals surface area contributed by atoms with Crippen LogP contribution in [0.3, 0.4) is 0 Å². The number of ether oxygens (including phenoxy) is 4. The molecule has 0 N–H and O–H groups in total. The molecule has 9 heteroatoms. The number of esters is 2. The first-order valence-corrected chi connectivity index (χ1v) is 29.8. The minimum Gasteiger partial charge on any atom is -0.545 e. The molecule has 0 aromatic carbocycles. The first kappa shape index (κ1) is 68.2. The molecule has 0 fully saturated rings. The number of hydrogen-bond donors (Lipinski definition) is 0. The lowest BCUT2D eigenvalue weighted by Gasteiger charge is -2.26. The molecule has 0 saturated carbocycles. The lowest BCUT2D eigenvalue weighted by molar-refractivity contribution is -0.870. The number of allylic oxidation sites excluding steroid dienone is 8. The average Bonchev–Trinajstić information content (AvgIpc) is 3.34. The predicted octanol–water partition coefficient (Wildman–Crippen LogP) is 16.1. The summed E-state index contributed by atoms with van der Waals surface area (Å²) in [5.74, 6) is -2.29. The third-order valence-corrected chi connectivity index (χ3v) is 13.1. The van der Waals surface area contributed by atoms with Gasteiger partial charge in [0.25, 0.3) is 0 Å². The van der Waals surface area contributed by atoms with Gasteiger partial charge in [0.2, 0.25) is 0 Å². The second-order valence-electron chi connectivity index (χ2n) is 21.3. The van der Waals surface area contributed by atoms with Gasteiger partial charge >= 0.3 is 11.9 Å². The quantitative estimate of drug-likeness (QED) is 0.0195. The van der Waals surface area contributed by atoms with Crippen LogP contribution in [0.2, 0.25) is 0 Å². The first-order chi connectivity index (χ1) is 34.6. The maximum absolute atomic E-state index is 12.7. The van der Waals surface area contributed by atoms with Crippen molar-refractivity contribution in [1.82, 2.24) is 0 Å². The standard InChI is InChI=1S/C62H113NO8/c1-6-8-10-12-13-14-15-16-17-18-19-20-21-22-23-24-25-26-27-28-29-30-31-32-33-34-35-36-37-38-39-40-41-42-43-44-45-46-47-49-51-53-60(65)71-58(56-69-59(64)52-50-48-11-9-7-2)57-70-62(61(66)67)68-55-54-63(3,4)5/h8,10,13-14,16-17,19-20,58,62H,6-7,9,11-12,15,18,21-57H2,1-5H3/b10-8-,14-13-,17-16-,20-19-. The first-order valence-electron chi connectivity index (χ1n) is 29.8. The summed E-state index contributed by atoms with van der Waals surface area (Å²) >= 11 is 0. The Bertz CT molecular complexity index is 1300. The molecule has 0 spiro atoms. The largest absolute Gasteiger partial charge is 0.545 e. The smallest absolute Gasteiger partial charge is 0.306 e. The third-order valence-electron chi connectivity index (χ3n) is 13.1. The lowest BCUT2D eigenvalue weighted by atomic mass is 10.0. The summed E-state index contributed by atoms with van der Waals surface area (Å²) in [5.41, 5.74) is 0. The van der Waals surface area contributed by atoms with Gasteiger partial charge in [-0.15, -0.1) is 0 Å². The topological polar surface area (TPSA) is 111 Å². The number of hydrogen-bond acceptors (Lipinski definition) is 8. The molecule has 0 bridgehead atoms. The van der Waals surface area contributed by atoms with E-state index in [4.69, 9.17) is 18.9 Å². The normalized spacial score (nSPS) is 13.1. The number of carboxylic acid groups (broad SMARTS) is 1. The monoisotopic (exact) mass is 1000 g/mol. The molecule has 0 radical (unpaired) electrons. The van der Waals surface area contributed by atoms with Crippen molar-refractivity contribution in [1.29, 1.82) is 0 Å². The molecule has 2 atom stereocenters. The molecular formula is C62H113NO8. The van der Waals surface area contributed by atoms with Crippen molar-refractivity contribution in [3.05, 3.63) is 48.6 Å². The highest BCUT2D eigenvalue weighted by Crippen LogP contribution is 2.17. The van der Waals surface area contributed by atoms with Gasteiger partial charge < -0.3 is 33.3 Å². The lowest BCUT2D eigenvalue weighted by Crippen LogP contribution is -2.44. The number of rotatable bonds is 55. The molecule has 0 saturated heterocycles.